The van der Waals surface area contributed by atoms with E-state index in [1.807, 2.05) is 141 Å². The lowest BCUT2D eigenvalue weighted by Gasteiger charge is -2.36. The summed E-state index contributed by atoms with van der Waals surface area (Å²) in [5.74, 6) is 0.436. The van der Waals surface area contributed by atoms with Gasteiger partial charge in [-0.25, -0.2) is 0 Å². The molecule has 68 heavy (non-hydrogen) atoms. The van der Waals surface area contributed by atoms with E-state index < -0.39 is 11.7 Å². The van der Waals surface area contributed by atoms with Crippen molar-refractivity contribution in [1.29, 1.82) is 0 Å². The lowest BCUT2D eigenvalue weighted by Crippen LogP contribution is -2.36. The molecule has 0 spiro atoms. The van der Waals surface area contributed by atoms with Gasteiger partial charge in [0.25, 0.3) is 0 Å². The summed E-state index contributed by atoms with van der Waals surface area (Å²) in [6.45, 7) is 3.96. The lowest BCUT2D eigenvalue weighted by molar-refractivity contribution is -0.123. The van der Waals surface area contributed by atoms with Gasteiger partial charge >= 0.3 is 0 Å². The molecule has 11 nitrogen and oxygen atoms in total. The highest BCUT2D eigenvalue weighted by Gasteiger charge is 2.39. The molecule has 7 aromatic carbocycles. The van der Waals surface area contributed by atoms with E-state index in [9.17, 15) is 24.3 Å². The maximum absolute atomic E-state index is 14.6. The fourth-order valence-corrected chi connectivity index (χ4v) is 8.64. The van der Waals surface area contributed by atoms with Crippen LogP contribution in [0.25, 0.3) is 0 Å². The average Bonchev–Trinajstić information content (AvgIpc) is 3.37. The minimum atomic E-state index is -1.17. The molecule has 0 fully saturated rings. The number of carbonyl (C=O) groups is 4. The van der Waals surface area contributed by atoms with Gasteiger partial charge in [-0.3, -0.25) is 19.2 Å². The number of aliphatic hydroxyl groups is 1. The van der Waals surface area contributed by atoms with E-state index in [0.29, 0.717) is 35.0 Å². The molecule has 0 aliphatic heterocycles. The number of aliphatic hydroxyl groups excluding tert-OH is 1. The van der Waals surface area contributed by atoms with Crippen LogP contribution in [0.2, 0.25) is 0 Å². The lowest BCUT2D eigenvalue weighted by atomic mass is 9.80. The molecular weight excluding hydrogens is 855 g/mol. The fourth-order valence-electron chi connectivity index (χ4n) is 8.64. The third kappa shape index (κ3) is 9.95. The number of rotatable bonds is 20. The van der Waals surface area contributed by atoms with E-state index in [1.165, 1.54) is 4.90 Å². The molecule has 0 aromatic heterocycles. The first-order valence-corrected chi connectivity index (χ1v) is 22.5. The Morgan fingerprint density at radius 2 is 1.15 bits per heavy atom. The van der Waals surface area contributed by atoms with Crippen LogP contribution in [0.3, 0.4) is 0 Å². The fraction of sp³-hybridized carbons (Fsp3) is 0.193. The van der Waals surface area contributed by atoms with Crippen LogP contribution in [-0.4, -0.2) is 62.3 Å². The molecule has 7 aromatic rings. The first-order chi connectivity index (χ1) is 33.0. The van der Waals surface area contributed by atoms with Crippen LogP contribution in [-0.2, 0) is 19.9 Å². The number of ketones is 3. The highest BCUT2D eigenvalue weighted by molar-refractivity contribution is 6.32. The number of amides is 1. The van der Waals surface area contributed by atoms with Crippen molar-refractivity contribution in [3.05, 3.63) is 208 Å². The summed E-state index contributed by atoms with van der Waals surface area (Å²) in [7, 11) is 3.20. The van der Waals surface area contributed by atoms with Gasteiger partial charge in [0.05, 0.1) is 49.4 Å². The van der Waals surface area contributed by atoms with Gasteiger partial charge in [-0.2, -0.15) is 0 Å². The first-order valence-electron chi connectivity index (χ1n) is 22.5. The Bertz CT molecular complexity index is 2870. The van der Waals surface area contributed by atoms with Gasteiger partial charge in [0, 0.05) is 47.6 Å². The van der Waals surface area contributed by atoms with Gasteiger partial charge in [-0.1, -0.05) is 90.0 Å². The summed E-state index contributed by atoms with van der Waals surface area (Å²) in [5, 5.41) is 18.0. The predicted octanol–water partition coefficient (Wildman–Crippen LogP) is 10.7. The number of aryl methyl sites for hydroxylation is 2. The number of nitrogens with one attached hydrogen (secondary N) is 2. The number of benzene rings is 7. The molecule has 1 atom stereocenters. The molecular formula is C57H53N3O8. The third-order valence-electron chi connectivity index (χ3n) is 12.3. The van der Waals surface area contributed by atoms with Crippen molar-refractivity contribution < 1.29 is 38.5 Å². The van der Waals surface area contributed by atoms with E-state index in [2.05, 4.69) is 10.6 Å². The Kier molecular flexibility index (Phi) is 14.2. The van der Waals surface area contributed by atoms with Crippen LogP contribution in [0.5, 0.6) is 11.5 Å². The van der Waals surface area contributed by atoms with E-state index >= 15 is 0 Å². The van der Waals surface area contributed by atoms with Crippen molar-refractivity contribution in [2.24, 2.45) is 0 Å². The smallest absolute Gasteiger partial charge is 0.214 e. The summed E-state index contributed by atoms with van der Waals surface area (Å²) in [4.78, 5) is 56.5. The molecule has 0 bridgehead atoms. The highest BCUT2D eigenvalue weighted by Crippen LogP contribution is 2.43. The largest absolute Gasteiger partial charge is 0.497 e. The molecule has 0 saturated heterocycles. The molecule has 1 aliphatic carbocycles. The zero-order valence-corrected chi connectivity index (χ0v) is 38.5. The van der Waals surface area contributed by atoms with Gasteiger partial charge in [0.2, 0.25) is 6.41 Å². The summed E-state index contributed by atoms with van der Waals surface area (Å²) in [6.07, 6.45) is -0.321. The van der Waals surface area contributed by atoms with Crippen molar-refractivity contribution in [1.82, 2.24) is 0 Å². The molecule has 11 heteroatoms. The molecule has 1 unspecified atom stereocenters. The topological polar surface area (TPSA) is 143 Å². The van der Waals surface area contributed by atoms with Crippen LogP contribution in [0.4, 0.5) is 28.4 Å². The minimum Gasteiger partial charge on any atom is -0.497 e. The number of anilines is 5. The second-order valence-electron chi connectivity index (χ2n) is 16.9. The Morgan fingerprint density at radius 1 is 0.647 bits per heavy atom. The van der Waals surface area contributed by atoms with Gasteiger partial charge in [-0.05, 0) is 116 Å². The average molecular weight is 908 g/mol. The number of hydrogen-bond acceptors (Lipinski definition) is 10. The van der Waals surface area contributed by atoms with Gasteiger partial charge in [0.15, 0.2) is 11.6 Å². The zero-order valence-electron chi connectivity index (χ0n) is 38.5. The SMILES string of the molecule is COc1ccc(C(OCC(O)CC(=O)CCCN(C=O)c2ccc3c(c2)C(=O)c2c(Nc4ccc(C)cc4)ccc(Nc4ccc(C)cc4)c2C3=O)(c2ccccc2)c2ccc(OC)cc2)cc1. The Morgan fingerprint density at radius 3 is 1.65 bits per heavy atom. The molecule has 0 heterocycles. The van der Waals surface area contributed by atoms with E-state index in [4.69, 9.17) is 14.2 Å². The van der Waals surface area contributed by atoms with E-state index in [0.717, 1.165) is 39.2 Å². The van der Waals surface area contributed by atoms with Crippen LogP contribution in [0.1, 0.15) is 78.9 Å². The number of nitrogens with zero attached hydrogens (tertiary/aromatic N) is 1. The van der Waals surface area contributed by atoms with Crippen LogP contribution in [0.15, 0.2) is 158 Å². The van der Waals surface area contributed by atoms with Crippen molar-refractivity contribution in [3.8, 4) is 11.5 Å². The van der Waals surface area contributed by atoms with E-state index in [-0.39, 0.29) is 72.0 Å². The summed E-state index contributed by atoms with van der Waals surface area (Å²) in [6, 6.07) is 48.6. The first kappa shape index (κ1) is 46.7. The van der Waals surface area contributed by atoms with Crippen LogP contribution < -0.4 is 25.0 Å². The molecule has 344 valence electrons. The monoisotopic (exact) mass is 907 g/mol. The van der Waals surface area contributed by atoms with Crippen molar-refractivity contribution in [2.45, 2.75) is 44.8 Å². The standard InChI is InChI=1S/C57H53N3O8/c1-37-12-20-42(21-13-37)58-51-30-31-52(59-43-22-14-38(2)15-23-43)54-53(51)55(64)49-29-24-44(33-50(49)56(54)65)60(36-61)32-8-11-45(62)34-46(63)35-68-57(39-9-6-5-7-10-39,40-16-25-47(66-3)26-17-40)41-18-27-48(67-4)28-19-41/h5-7,9-10,12-31,33,36,46,58-59,63H,8,11,32,34-35H2,1-4H3. The number of carbonyl (C=O) groups excluding carboxylic acids is 4. The number of ether oxygens (including phenoxy) is 3. The second kappa shape index (κ2) is 20.8. The van der Waals surface area contributed by atoms with Crippen molar-refractivity contribution in [3.63, 3.8) is 0 Å². The summed E-state index contributed by atoms with van der Waals surface area (Å²) in [5.41, 5.74) is 7.13. The van der Waals surface area contributed by atoms with Crippen molar-refractivity contribution >= 4 is 52.2 Å². The van der Waals surface area contributed by atoms with Crippen LogP contribution in [0, 0.1) is 13.8 Å². The summed E-state index contributed by atoms with van der Waals surface area (Å²) < 4.78 is 17.7. The van der Waals surface area contributed by atoms with Gasteiger partial charge in [0.1, 0.15) is 22.9 Å². The molecule has 3 N–H and O–H groups in total. The quantitative estimate of drug-likeness (QED) is 0.0499. The molecule has 8 rings (SSSR count). The Hall–Kier alpha value is -7.86. The van der Waals surface area contributed by atoms with Crippen molar-refractivity contribution in [2.75, 3.05) is 42.9 Å². The highest BCUT2D eigenvalue weighted by atomic mass is 16.5. The minimum absolute atomic E-state index is 0.0721. The third-order valence-corrected chi connectivity index (χ3v) is 12.3. The normalized spacial score (nSPS) is 12.4. The second-order valence-corrected chi connectivity index (χ2v) is 16.9. The number of fused-ring (bicyclic) bond motifs is 2. The summed E-state index contributed by atoms with van der Waals surface area (Å²) >= 11 is 0. The molecule has 1 amide bonds. The molecule has 0 radical (unpaired) electrons. The molecule has 0 saturated carbocycles. The Balaban J connectivity index is 0.970. The number of Topliss-reactive ketones (excluding diaryl/α,β-unsaturated/α-hetero) is 1. The van der Waals surface area contributed by atoms with Gasteiger partial charge in [-0.15, -0.1) is 0 Å². The number of methoxy groups -OCH3 is 2. The predicted molar refractivity (Wildman–Crippen MR) is 265 cm³/mol. The van der Waals surface area contributed by atoms with Gasteiger partial charge < -0.3 is 34.9 Å². The molecule has 1 aliphatic rings. The maximum atomic E-state index is 14.6. The number of hydrogen-bond donors (Lipinski definition) is 3. The van der Waals surface area contributed by atoms with E-state index in [1.54, 1.807) is 44.6 Å². The Labute approximate surface area is 396 Å². The van der Waals surface area contributed by atoms with Crippen LogP contribution >= 0.6 is 0 Å². The maximum Gasteiger partial charge on any atom is 0.214 e. The zero-order chi connectivity index (χ0) is 47.8.